The molecule has 3 aliphatic heterocycles. The van der Waals surface area contributed by atoms with Crippen LogP contribution in [0.1, 0.15) is 160 Å². The third-order valence-corrected chi connectivity index (χ3v) is 20.1. The zero-order valence-electron chi connectivity index (χ0n) is 77.0. The molecule has 13 amide bonds. The first-order valence-corrected chi connectivity index (χ1v) is 43.4. The van der Waals surface area contributed by atoms with Crippen LogP contribution in [-0.2, 0) is 84.5 Å². The number of rotatable bonds is 30. The van der Waals surface area contributed by atoms with Gasteiger partial charge in [0.05, 0.1) is 52.0 Å². The van der Waals surface area contributed by atoms with Crippen molar-refractivity contribution in [1.82, 2.24) is 41.3 Å². The number of nitrogens with zero attached hydrogens (tertiary/aromatic N) is 6. The third-order valence-electron chi connectivity index (χ3n) is 16.2. The fourth-order valence-corrected chi connectivity index (χ4v) is 11.7. The molecule has 3 saturated heterocycles. The molecule has 0 bridgehead atoms. The van der Waals surface area contributed by atoms with Gasteiger partial charge in [-0.3, -0.25) is 71.8 Å². The minimum atomic E-state index is -3.84. The molecule has 49 heteroatoms. The maximum absolute atomic E-state index is 12.3. The Morgan fingerprint density at radius 1 is 0.493 bits per heavy atom. The lowest BCUT2D eigenvalue weighted by atomic mass is 10.1. The monoisotopic (exact) mass is 1960 g/mol. The van der Waals surface area contributed by atoms with Crippen molar-refractivity contribution in [2.75, 3.05) is 96.1 Å². The average molecular weight is 1960 g/mol. The van der Waals surface area contributed by atoms with Gasteiger partial charge in [-0.1, -0.05) is 132 Å². The largest absolute Gasteiger partial charge is 0.481 e. The molecule has 0 radical (unpaired) electrons. The molecule has 4 aromatic carbocycles. The second kappa shape index (κ2) is 64.5. The highest BCUT2D eigenvalue weighted by Gasteiger charge is 2.43. The smallest absolute Gasteiger partial charge is 0.397 e. The third kappa shape index (κ3) is 46.6. The van der Waals surface area contributed by atoms with Crippen molar-refractivity contribution < 1.29 is 139 Å². The SMILES string of the molecule is C.CC(C)CN.CC(C)CN1C(=O)NC(=Cc2ccc(C(=O)N=C(N)N)cc2)C1=O.CC(C)CN=C=O.COC(=O)C(C)C(=O)P(=O)(OC)OC.COC(=O)C(NC(=O)NCC(C)C)P(=O)(OC)OC.COC(=O)c1ccc(C=C2NC(=O)N(CC(C)C)C2=O)cc1.COC(=O)c1ccc(C=O)cc1.C[C@@H](CN1C(=O)NC(=Cc2ccc(C(=O)N=C(N)N)cc2)C1=O)C(=O)O.O=C(Cl)Cl.[HH]. The van der Waals surface area contributed by atoms with Crippen LogP contribution in [0.25, 0.3) is 18.2 Å². The molecule has 0 saturated carbocycles. The van der Waals surface area contributed by atoms with Gasteiger partial charge in [-0.05, 0) is 150 Å². The van der Waals surface area contributed by atoms with Gasteiger partial charge in [-0.25, -0.2) is 43.3 Å². The van der Waals surface area contributed by atoms with E-state index in [0.29, 0.717) is 77.0 Å². The Kier molecular flexibility index (Phi) is 60.0. The number of aliphatic imine (C=N–C) groups is 3. The van der Waals surface area contributed by atoms with E-state index in [0.717, 1.165) is 60.4 Å². The standard InChI is InChI=1S/C16H17N5O5.C16H19N5O3.C16H18N2O4.C10H21N2O6P.C9H8O3.C7H13O6P.C5H9NO.C4H11N.CCl2O.CH4.H2/c1-8(14(24)25)7-21-13(23)11(19-16(21)26)6-9-2-4-10(5-3-9)12(22)20-15(17)18;1-9(2)8-21-14(23)12(19-16(21)24)7-10-3-5-11(6-4-10)13(22)20-15(17)18;1-10(2)9-18-14(19)13(17-16(18)21)8-11-4-6-12(7-5-11)15(20)22-3;1-7(2)6-11-10(14)12-8(9(13)16-3)19(15,17-4)18-5;1-12-9(11)8-4-2-7(6-10)3-5-8;1-5(6(8)11-2)7(9)14(10,12-3)13-4;1-5(2)3-6-4-7;1-4(2)3-5;2-1(3)4;;/h2-6,8H,7H2,1H3,(H,19,26)(H,24,25)(H4,17,18,20,22);3-7,9H,8H2,1-2H3,(H,19,24)(H4,17,18,20,22);4-8,10H,9H2,1-3H3,(H,17,21);7-8H,6H2,1-5H3,(H2,11,12,14);2-6H,1H3;5H,1-4H3;5H,3H2,1-2H3;4H,3,5H2,1-2H3;;1H4;1H/t8-;;;;;;;;;;/m0........../s1. The summed E-state index contributed by atoms with van der Waals surface area (Å²) in [7, 11) is 1.62. The summed E-state index contributed by atoms with van der Waals surface area (Å²) in [6.07, 6.45) is 6.75. The molecule has 3 atom stereocenters. The molecule has 740 valence electrons. The Morgan fingerprint density at radius 3 is 1.06 bits per heavy atom. The van der Waals surface area contributed by atoms with Gasteiger partial charge in [0.2, 0.25) is 11.9 Å². The highest BCUT2D eigenvalue weighted by atomic mass is 35.5. The topological polar surface area (TPSA) is 673 Å². The number of halogens is 2. The van der Waals surface area contributed by atoms with E-state index >= 15 is 0 Å². The first kappa shape index (κ1) is 125. The van der Waals surface area contributed by atoms with Crippen LogP contribution in [0.3, 0.4) is 0 Å². The van der Waals surface area contributed by atoms with Crippen molar-refractivity contribution in [2.45, 2.75) is 96.3 Å². The van der Waals surface area contributed by atoms with E-state index in [1.54, 1.807) is 84.9 Å². The van der Waals surface area contributed by atoms with Crippen molar-refractivity contribution >= 4 is 175 Å². The predicted octanol–water partition coefficient (Wildman–Crippen LogP) is 9.45. The van der Waals surface area contributed by atoms with Crippen molar-refractivity contribution in [2.24, 2.45) is 85.1 Å². The number of guanidine groups is 2. The molecule has 16 N–H and O–H groups in total. The van der Waals surface area contributed by atoms with Crippen molar-refractivity contribution in [1.29, 1.82) is 0 Å². The van der Waals surface area contributed by atoms with Crippen molar-refractivity contribution in [3.8, 4) is 0 Å². The van der Waals surface area contributed by atoms with Crippen LogP contribution in [0, 0.1) is 41.4 Å². The lowest BCUT2D eigenvalue weighted by Crippen LogP contribution is -2.47. The molecule has 0 spiro atoms. The number of methoxy groups -OCH3 is 4. The number of carbonyl (C=O) groups excluding carboxylic acids is 17. The van der Waals surface area contributed by atoms with Gasteiger partial charge in [0.25, 0.3) is 35.1 Å². The van der Waals surface area contributed by atoms with Gasteiger partial charge in [-0.2, -0.15) is 9.98 Å². The van der Waals surface area contributed by atoms with E-state index in [9.17, 15) is 90.6 Å². The molecule has 3 aliphatic rings. The molecule has 0 aliphatic carbocycles. The fraction of sp³-hybridized carbons (Fsp3) is 0.412. The molecule has 2 unspecified atom stereocenters. The molecule has 134 heavy (non-hydrogen) atoms. The van der Waals surface area contributed by atoms with Gasteiger partial charge >= 0.3 is 73.9 Å². The summed E-state index contributed by atoms with van der Waals surface area (Å²) in [5, 5.41) is 21.2. The maximum atomic E-state index is 12.3. The summed E-state index contributed by atoms with van der Waals surface area (Å²) < 4.78 is 58.9. The van der Waals surface area contributed by atoms with Crippen LogP contribution in [0.5, 0.6) is 0 Å². The number of nitrogens with one attached hydrogen (secondary N) is 5. The van der Waals surface area contributed by atoms with Gasteiger partial charge in [-0.15, -0.1) is 0 Å². The number of amides is 13. The summed E-state index contributed by atoms with van der Waals surface area (Å²) in [4.78, 5) is 216. The number of carboxylic acids is 1. The maximum Gasteiger partial charge on any atom is 0.397 e. The molecule has 3 fully saturated rings. The van der Waals surface area contributed by atoms with Crippen LogP contribution >= 0.6 is 38.4 Å². The number of imide groups is 3. The van der Waals surface area contributed by atoms with Gasteiger partial charge in [0, 0.05) is 72.7 Å². The fourth-order valence-electron chi connectivity index (χ4n) is 9.38. The summed E-state index contributed by atoms with van der Waals surface area (Å²) in [6.45, 7) is 24.7. The van der Waals surface area contributed by atoms with Crippen LogP contribution < -0.4 is 55.3 Å². The Balaban J connectivity index is -0.000000745. The first-order valence-electron chi connectivity index (χ1n) is 39.5. The second-order valence-electron chi connectivity index (χ2n) is 29.2. The number of esters is 4. The van der Waals surface area contributed by atoms with E-state index in [1.165, 1.54) is 74.3 Å². The summed E-state index contributed by atoms with van der Waals surface area (Å²) in [6, 6.07) is 23.0. The average Bonchev–Trinajstić information content (AvgIpc) is 1.80. The molecular weight excluding hydrogens is 1840 g/mol. The Morgan fingerprint density at radius 2 is 0.813 bits per heavy atom. The highest BCUT2D eigenvalue weighted by molar-refractivity contribution is 7.72. The number of carboxylic acid groups (broad SMARTS) is 1. The number of carbonyl (C=O) groups is 17. The van der Waals surface area contributed by atoms with Crippen molar-refractivity contribution in [3.63, 3.8) is 0 Å². The van der Waals surface area contributed by atoms with Crippen LogP contribution in [0.4, 0.5) is 24.0 Å². The normalized spacial score (nSPS) is 13.7. The Hall–Kier alpha value is -13.4. The second-order valence-corrected chi connectivity index (χ2v) is 34.6. The van der Waals surface area contributed by atoms with Crippen LogP contribution in [0.15, 0.2) is 129 Å². The van der Waals surface area contributed by atoms with Gasteiger partial charge in [0.1, 0.15) is 29.3 Å². The first-order chi connectivity index (χ1) is 62.1. The predicted molar refractivity (Wildman–Crippen MR) is 500 cm³/mol. The minimum Gasteiger partial charge on any atom is -0.481 e. The zero-order chi connectivity index (χ0) is 102. The number of hydrogen-bond acceptors (Lipinski definition) is 30. The van der Waals surface area contributed by atoms with Crippen molar-refractivity contribution in [3.05, 3.63) is 159 Å². The summed E-state index contributed by atoms with van der Waals surface area (Å²) in [5.74, 6) is -8.56. The summed E-state index contributed by atoms with van der Waals surface area (Å²) in [5.41, 5.74) is 29.2. The van der Waals surface area contributed by atoms with Gasteiger partial charge in [0.15, 0.2) is 11.9 Å². The molecule has 0 aromatic heterocycles. The molecule has 45 nitrogen and oxygen atoms in total. The van der Waals surface area contributed by atoms with E-state index in [1.807, 2.05) is 55.4 Å². The summed E-state index contributed by atoms with van der Waals surface area (Å²) >= 11 is 8.80. The molecule has 3 heterocycles. The number of aldehydes is 1. The Labute approximate surface area is 787 Å². The number of benzene rings is 4. The minimum absolute atomic E-state index is 0. The van der Waals surface area contributed by atoms with E-state index in [4.69, 9.17) is 38.6 Å². The number of isocyanates is 1. The van der Waals surface area contributed by atoms with E-state index in [-0.39, 0.29) is 79.5 Å². The number of nitrogens with two attached hydrogens (primary N) is 5. The van der Waals surface area contributed by atoms with Crippen LogP contribution in [-0.4, -0.2) is 240 Å². The lowest BCUT2D eigenvalue weighted by molar-refractivity contribution is -0.147. The Bertz CT molecular complexity index is 4970. The molecule has 7 rings (SSSR count). The quantitative estimate of drug-likeness (QED) is 0.00198. The highest BCUT2D eigenvalue weighted by Crippen LogP contribution is 2.51. The number of aliphatic carboxylic acids is 1. The van der Waals surface area contributed by atoms with Crippen LogP contribution in [0.2, 0.25) is 0 Å². The number of hydrogen-bond donors (Lipinski definition) is 11. The lowest BCUT2D eigenvalue weighted by Gasteiger charge is -2.23. The molecular formula is C85H122Cl2N16O29P2. The van der Waals surface area contributed by atoms with E-state index < -0.39 is 115 Å². The van der Waals surface area contributed by atoms with E-state index in [2.05, 4.69) is 116 Å². The zero-order valence-corrected chi connectivity index (χ0v) is 80.3. The molecule has 4 aromatic rings. The number of ether oxygens (including phenoxy) is 4. The number of urea groups is 4. The van der Waals surface area contributed by atoms with Gasteiger partial charge < -0.3 is 97.4 Å².